The number of amides is 1. The van der Waals surface area contributed by atoms with Gasteiger partial charge in [-0.25, -0.2) is 4.79 Å². The van der Waals surface area contributed by atoms with Crippen molar-refractivity contribution in [2.24, 2.45) is 17.8 Å². The van der Waals surface area contributed by atoms with Crippen LogP contribution in [-0.4, -0.2) is 56.2 Å². The van der Waals surface area contributed by atoms with E-state index in [-0.39, 0.29) is 18.0 Å². The highest BCUT2D eigenvalue weighted by Crippen LogP contribution is 2.35. The van der Waals surface area contributed by atoms with Gasteiger partial charge < -0.3 is 14.5 Å². The number of carbonyl (C=O) groups excluding carboxylic acids is 2. The van der Waals surface area contributed by atoms with Gasteiger partial charge in [0.25, 0.3) is 0 Å². The number of rotatable bonds is 24. The van der Waals surface area contributed by atoms with Gasteiger partial charge >= 0.3 is 5.97 Å². The monoisotopic (exact) mass is 566 g/mol. The maximum absolute atomic E-state index is 12.8. The molecule has 0 radical (unpaired) electrons. The number of hydrogen-bond acceptors (Lipinski definition) is 3. The normalized spacial score (nSPS) is 19.6. The van der Waals surface area contributed by atoms with E-state index in [0.717, 1.165) is 38.6 Å². The Morgan fingerprint density at radius 2 is 1.32 bits per heavy atom. The predicted octanol–water partition coefficient (Wildman–Crippen LogP) is 8.83. The molecule has 0 bridgehead atoms. The van der Waals surface area contributed by atoms with Crippen molar-refractivity contribution in [2.75, 3.05) is 33.7 Å². The van der Waals surface area contributed by atoms with E-state index in [0.29, 0.717) is 41.7 Å². The molecule has 3 atom stereocenters. The molecule has 1 saturated carbocycles. The van der Waals surface area contributed by atoms with Crippen LogP contribution in [0.4, 0.5) is 0 Å². The van der Waals surface area contributed by atoms with E-state index in [9.17, 15) is 9.59 Å². The number of quaternary nitrogens is 1. The summed E-state index contributed by atoms with van der Waals surface area (Å²) in [5, 5.41) is 3.08. The molecule has 1 N–H and O–H groups in total. The lowest BCUT2D eigenvalue weighted by Gasteiger charge is -2.37. The fourth-order valence-electron chi connectivity index (χ4n) is 6.37. The SMILES string of the molecule is CCCCCCCCCCCCCCCCCC(=O)NCCC[N+](C)(C)CC(=O)OC1CC(C)CCC1C(C)C. The van der Waals surface area contributed by atoms with E-state index in [2.05, 4.69) is 47.1 Å². The topological polar surface area (TPSA) is 55.4 Å². The fraction of sp³-hybridized carbons (Fsp3) is 0.943. The average molecular weight is 566 g/mol. The smallest absolute Gasteiger partial charge is 0.362 e. The van der Waals surface area contributed by atoms with Crippen molar-refractivity contribution in [3.05, 3.63) is 0 Å². The van der Waals surface area contributed by atoms with Gasteiger partial charge in [-0.3, -0.25) is 4.79 Å². The van der Waals surface area contributed by atoms with Crippen LogP contribution >= 0.6 is 0 Å². The van der Waals surface area contributed by atoms with Crippen molar-refractivity contribution in [3.8, 4) is 0 Å². The zero-order valence-corrected chi connectivity index (χ0v) is 27.7. The van der Waals surface area contributed by atoms with Crippen molar-refractivity contribution >= 4 is 11.9 Å². The quantitative estimate of drug-likeness (QED) is 0.0722. The molecule has 0 aromatic heterocycles. The minimum absolute atomic E-state index is 0.0651. The molecule has 5 heteroatoms. The summed E-state index contributed by atoms with van der Waals surface area (Å²) < 4.78 is 6.61. The standard InChI is InChI=1S/C35H68N2O3/c1-7-8-9-10-11-12-13-14-15-16-17-18-19-20-21-23-34(38)36-26-22-27-37(5,6)29-35(39)40-33-28-31(4)24-25-32(33)30(2)3/h30-33H,7-29H2,1-6H3/p+1. The van der Waals surface area contributed by atoms with Crippen LogP contribution < -0.4 is 5.32 Å². The lowest BCUT2D eigenvalue weighted by atomic mass is 9.75. The van der Waals surface area contributed by atoms with Crippen LogP contribution in [0.1, 0.15) is 156 Å². The number of nitrogens with one attached hydrogen (secondary N) is 1. The van der Waals surface area contributed by atoms with Gasteiger partial charge in [0.1, 0.15) is 6.10 Å². The summed E-state index contributed by atoms with van der Waals surface area (Å²) in [6, 6.07) is 0. The summed E-state index contributed by atoms with van der Waals surface area (Å²) in [6.45, 7) is 11.0. The molecule has 1 amide bonds. The van der Waals surface area contributed by atoms with Crippen LogP contribution in [0.5, 0.6) is 0 Å². The van der Waals surface area contributed by atoms with Gasteiger partial charge in [-0.05, 0) is 37.0 Å². The zero-order valence-electron chi connectivity index (χ0n) is 27.7. The molecule has 0 aromatic carbocycles. The molecule has 1 aliphatic rings. The van der Waals surface area contributed by atoms with E-state index in [1.54, 1.807) is 0 Å². The van der Waals surface area contributed by atoms with Gasteiger partial charge in [0.2, 0.25) is 5.91 Å². The second-order valence-corrected chi connectivity index (χ2v) is 14.1. The molecule has 1 aliphatic carbocycles. The van der Waals surface area contributed by atoms with Crippen molar-refractivity contribution in [1.82, 2.24) is 5.32 Å². The lowest BCUT2D eigenvalue weighted by Crippen LogP contribution is -2.47. The lowest BCUT2D eigenvalue weighted by molar-refractivity contribution is -0.883. The van der Waals surface area contributed by atoms with Crippen LogP contribution in [0.3, 0.4) is 0 Å². The second-order valence-electron chi connectivity index (χ2n) is 14.1. The van der Waals surface area contributed by atoms with Crippen molar-refractivity contribution in [1.29, 1.82) is 0 Å². The van der Waals surface area contributed by atoms with E-state index in [1.807, 2.05) is 0 Å². The van der Waals surface area contributed by atoms with Crippen molar-refractivity contribution in [2.45, 2.75) is 162 Å². The van der Waals surface area contributed by atoms with E-state index in [4.69, 9.17) is 4.74 Å². The molecule has 0 aliphatic heterocycles. The summed E-state index contributed by atoms with van der Waals surface area (Å²) in [6.07, 6.45) is 25.1. The molecule has 1 fully saturated rings. The highest BCUT2D eigenvalue weighted by atomic mass is 16.5. The van der Waals surface area contributed by atoms with Crippen LogP contribution in [0.2, 0.25) is 0 Å². The van der Waals surface area contributed by atoms with Gasteiger partial charge in [-0.15, -0.1) is 0 Å². The third kappa shape index (κ3) is 19.1. The van der Waals surface area contributed by atoms with Gasteiger partial charge in [0.05, 0.1) is 20.6 Å². The molecule has 3 unspecified atom stereocenters. The Morgan fingerprint density at radius 3 is 1.85 bits per heavy atom. The van der Waals surface area contributed by atoms with E-state index < -0.39 is 0 Å². The second kappa shape index (κ2) is 22.5. The molecule has 0 heterocycles. The van der Waals surface area contributed by atoms with Gasteiger partial charge in [-0.2, -0.15) is 0 Å². The molecule has 0 spiro atoms. The highest BCUT2D eigenvalue weighted by Gasteiger charge is 2.34. The predicted molar refractivity (Wildman–Crippen MR) is 170 cm³/mol. The summed E-state index contributed by atoms with van der Waals surface area (Å²) >= 11 is 0. The maximum Gasteiger partial charge on any atom is 0.362 e. The van der Waals surface area contributed by atoms with Gasteiger partial charge in [0.15, 0.2) is 6.54 Å². The molecule has 0 aromatic rings. The molecule has 40 heavy (non-hydrogen) atoms. The van der Waals surface area contributed by atoms with E-state index >= 15 is 0 Å². The minimum atomic E-state index is -0.0769. The van der Waals surface area contributed by atoms with Crippen molar-refractivity contribution in [3.63, 3.8) is 0 Å². The maximum atomic E-state index is 12.8. The Labute approximate surface area is 249 Å². The van der Waals surface area contributed by atoms with Gasteiger partial charge in [-0.1, -0.05) is 124 Å². The number of unbranched alkanes of at least 4 members (excludes halogenated alkanes) is 14. The van der Waals surface area contributed by atoms with Crippen LogP contribution in [0.25, 0.3) is 0 Å². The van der Waals surface area contributed by atoms with Crippen LogP contribution in [0, 0.1) is 17.8 Å². The fourth-order valence-corrected chi connectivity index (χ4v) is 6.37. The first-order chi connectivity index (χ1) is 19.1. The summed E-state index contributed by atoms with van der Waals surface area (Å²) in [4.78, 5) is 25.0. The first-order valence-corrected chi connectivity index (χ1v) is 17.4. The Hall–Kier alpha value is -1.10. The molecule has 236 valence electrons. The Balaban J connectivity index is 2.00. The van der Waals surface area contributed by atoms with Gasteiger partial charge in [0, 0.05) is 19.4 Å². The first kappa shape index (κ1) is 36.9. The molecular weight excluding hydrogens is 496 g/mol. The number of nitrogens with zero attached hydrogens (tertiary/aromatic N) is 1. The minimum Gasteiger partial charge on any atom is -0.458 e. The Morgan fingerprint density at radius 1 is 0.800 bits per heavy atom. The van der Waals surface area contributed by atoms with Crippen molar-refractivity contribution < 1.29 is 18.8 Å². The van der Waals surface area contributed by atoms with Crippen LogP contribution in [0.15, 0.2) is 0 Å². The molecular formula is C35H69N2O3+. The Bertz CT molecular complexity index is 649. The average Bonchev–Trinajstić information content (AvgIpc) is 2.88. The summed E-state index contributed by atoms with van der Waals surface area (Å²) in [5.74, 6) is 1.76. The number of ether oxygens (including phenoxy) is 1. The summed E-state index contributed by atoms with van der Waals surface area (Å²) in [5.41, 5.74) is 0. The third-order valence-electron chi connectivity index (χ3n) is 9.07. The first-order valence-electron chi connectivity index (χ1n) is 17.4. The molecule has 0 saturated heterocycles. The molecule has 1 rings (SSSR count). The number of likely N-dealkylation sites (N-methyl/N-ethyl adjacent to an activating group) is 1. The third-order valence-corrected chi connectivity index (χ3v) is 9.07. The largest absolute Gasteiger partial charge is 0.458 e. The zero-order chi connectivity index (χ0) is 29.6. The molecule has 5 nitrogen and oxygen atoms in total. The highest BCUT2D eigenvalue weighted by molar-refractivity contribution is 5.75. The van der Waals surface area contributed by atoms with Crippen LogP contribution in [-0.2, 0) is 14.3 Å². The number of hydrogen-bond donors (Lipinski definition) is 1. The summed E-state index contributed by atoms with van der Waals surface area (Å²) in [7, 11) is 4.17. The Kier molecular flexibility index (Phi) is 20.8. The van der Waals surface area contributed by atoms with E-state index in [1.165, 1.54) is 89.9 Å². The number of carbonyl (C=O) groups is 2. The number of esters is 1.